The van der Waals surface area contributed by atoms with Gasteiger partial charge in [0.15, 0.2) is 5.76 Å². The van der Waals surface area contributed by atoms with Crippen molar-refractivity contribution in [3.8, 4) is 0 Å². The van der Waals surface area contributed by atoms with Crippen LogP contribution in [-0.2, 0) is 0 Å². The van der Waals surface area contributed by atoms with Gasteiger partial charge in [-0.1, -0.05) is 19.0 Å². The molecule has 0 aliphatic heterocycles. The first kappa shape index (κ1) is 13.1. The molecule has 1 aliphatic rings. The molecule has 1 fully saturated rings. The number of rotatable bonds is 4. The van der Waals surface area contributed by atoms with Crippen LogP contribution in [0.15, 0.2) is 4.52 Å². The molecule has 0 radical (unpaired) electrons. The lowest BCUT2D eigenvalue weighted by atomic mass is 9.82. The van der Waals surface area contributed by atoms with Crippen molar-refractivity contribution in [3.05, 3.63) is 17.0 Å². The third kappa shape index (κ3) is 2.56. The summed E-state index contributed by atoms with van der Waals surface area (Å²) in [5, 5.41) is 15.9. The van der Waals surface area contributed by atoms with Crippen LogP contribution < -0.4 is 5.32 Å². The van der Waals surface area contributed by atoms with Crippen LogP contribution in [0.4, 0.5) is 0 Å². The maximum Gasteiger partial charge on any atom is 0.256 e. The van der Waals surface area contributed by atoms with Crippen LogP contribution in [0.5, 0.6) is 0 Å². The molecular weight excluding hydrogens is 232 g/mol. The summed E-state index contributed by atoms with van der Waals surface area (Å²) in [7, 11) is 0. The number of carbonyl (C=O) groups is 1. The van der Waals surface area contributed by atoms with Gasteiger partial charge in [-0.25, -0.2) is 0 Å². The van der Waals surface area contributed by atoms with Crippen molar-refractivity contribution >= 4 is 5.91 Å². The minimum atomic E-state index is -0.185. The van der Waals surface area contributed by atoms with Gasteiger partial charge in [-0.15, -0.1) is 0 Å². The molecule has 0 spiro atoms. The highest BCUT2D eigenvalue weighted by atomic mass is 16.5. The average molecular weight is 252 g/mol. The number of hydrogen-bond donors (Lipinski definition) is 2. The Hall–Kier alpha value is -1.36. The SMILES string of the molecule is Cc1noc(C(C)C)c1C(=O)NCC1CC(O)C1. The summed E-state index contributed by atoms with van der Waals surface area (Å²) < 4.78 is 5.19. The number of aliphatic hydroxyl groups excluding tert-OH is 1. The Morgan fingerprint density at radius 1 is 1.56 bits per heavy atom. The van der Waals surface area contributed by atoms with Crippen LogP contribution >= 0.6 is 0 Å². The highest BCUT2D eigenvalue weighted by Crippen LogP contribution is 2.27. The maximum absolute atomic E-state index is 12.1. The second-order valence-corrected chi connectivity index (χ2v) is 5.36. The van der Waals surface area contributed by atoms with Gasteiger partial charge in [-0.2, -0.15) is 0 Å². The highest BCUT2D eigenvalue weighted by Gasteiger charge is 2.28. The molecule has 1 aromatic heterocycles. The first-order chi connectivity index (χ1) is 8.49. The molecule has 0 saturated heterocycles. The summed E-state index contributed by atoms with van der Waals surface area (Å²) >= 11 is 0. The number of nitrogens with zero attached hydrogens (tertiary/aromatic N) is 1. The molecule has 2 N–H and O–H groups in total. The molecule has 0 aromatic carbocycles. The van der Waals surface area contributed by atoms with Crippen molar-refractivity contribution in [2.75, 3.05) is 6.54 Å². The van der Waals surface area contributed by atoms with Crippen LogP contribution in [0.2, 0.25) is 0 Å². The first-order valence-electron chi connectivity index (χ1n) is 6.41. The normalized spacial score (nSPS) is 22.9. The Morgan fingerprint density at radius 2 is 2.22 bits per heavy atom. The van der Waals surface area contributed by atoms with E-state index in [0.29, 0.717) is 29.5 Å². The Balaban J connectivity index is 1.98. The zero-order valence-corrected chi connectivity index (χ0v) is 11.1. The molecule has 1 aromatic rings. The van der Waals surface area contributed by atoms with E-state index in [2.05, 4.69) is 10.5 Å². The van der Waals surface area contributed by atoms with Gasteiger partial charge in [0, 0.05) is 12.5 Å². The summed E-state index contributed by atoms with van der Waals surface area (Å²) in [6, 6.07) is 0. The summed E-state index contributed by atoms with van der Waals surface area (Å²) in [4.78, 5) is 12.1. The molecule has 1 heterocycles. The van der Waals surface area contributed by atoms with Gasteiger partial charge in [0.05, 0.1) is 11.8 Å². The van der Waals surface area contributed by atoms with E-state index in [9.17, 15) is 9.90 Å². The van der Waals surface area contributed by atoms with Crippen LogP contribution in [0, 0.1) is 12.8 Å². The van der Waals surface area contributed by atoms with E-state index >= 15 is 0 Å². The minimum absolute atomic E-state index is 0.126. The standard InChI is InChI=1S/C13H20N2O3/c1-7(2)12-11(8(3)15-18-12)13(17)14-6-9-4-10(16)5-9/h7,9-10,16H,4-6H2,1-3H3,(H,14,17). The van der Waals surface area contributed by atoms with E-state index in [1.807, 2.05) is 13.8 Å². The molecule has 1 saturated carbocycles. The molecule has 0 unspecified atom stereocenters. The third-order valence-corrected chi connectivity index (χ3v) is 3.40. The molecule has 1 aliphatic carbocycles. The van der Waals surface area contributed by atoms with Crippen molar-refractivity contribution < 1.29 is 14.4 Å². The lowest BCUT2D eigenvalue weighted by Gasteiger charge is -2.31. The molecule has 100 valence electrons. The summed E-state index contributed by atoms with van der Waals surface area (Å²) in [6.07, 6.45) is 1.37. The molecular formula is C13H20N2O3. The van der Waals surface area contributed by atoms with Crippen molar-refractivity contribution in [3.63, 3.8) is 0 Å². The van der Waals surface area contributed by atoms with Crippen LogP contribution in [0.1, 0.15) is 54.4 Å². The Kier molecular flexibility index (Phi) is 3.71. The lowest BCUT2D eigenvalue weighted by Crippen LogP contribution is -2.38. The predicted molar refractivity (Wildman–Crippen MR) is 66.4 cm³/mol. The maximum atomic E-state index is 12.1. The van der Waals surface area contributed by atoms with E-state index in [4.69, 9.17) is 4.52 Å². The first-order valence-corrected chi connectivity index (χ1v) is 6.41. The van der Waals surface area contributed by atoms with Gasteiger partial charge in [0.25, 0.3) is 5.91 Å². The molecule has 5 nitrogen and oxygen atoms in total. The Labute approximate surface area is 107 Å². The van der Waals surface area contributed by atoms with E-state index in [-0.39, 0.29) is 17.9 Å². The third-order valence-electron chi connectivity index (χ3n) is 3.40. The van der Waals surface area contributed by atoms with Gasteiger partial charge in [-0.05, 0) is 25.7 Å². The molecule has 18 heavy (non-hydrogen) atoms. The highest BCUT2D eigenvalue weighted by molar-refractivity contribution is 5.96. The molecule has 2 rings (SSSR count). The number of hydrogen-bond acceptors (Lipinski definition) is 4. The van der Waals surface area contributed by atoms with Crippen molar-refractivity contribution in [1.82, 2.24) is 10.5 Å². The van der Waals surface area contributed by atoms with E-state index in [0.717, 1.165) is 12.8 Å². The summed E-state index contributed by atoms with van der Waals surface area (Å²) in [6.45, 7) is 6.33. The molecule has 0 bridgehead atoms. The van der Waals surface area contributed by atoms with Crippen LogP contribution in [0.3, 0.4) is 0 Å². The Bertz CT molecular complexity index is 433. The fraction of sp³-hybridized carbons (Fsp3) is 0.692. The van der Waals surface area contributed by atoms with Crippen LogP contribution in [0.25, 0.3) is 0 Å². The van der Waals surface area contributed by atoms with Crippen molar-refractivity contribution in [2.24, 2.45) is 5.92 Å². The largest absolute Gasteiger partial charge is 0.393 e. The number of carbonyl (C=O) groups excluding carboxylic acids is 1. The number of aliphatic hydroxyl groups is 1. The minimum Gasteiger partial charge on any atom is -0.393 e. The van der Waals surface area contributed by atoms with Gasteiger partial charge in [0.1, 0.15) is 5.56 Å². The van der Waals surface area contributed by atoms with E-state index in [1.54, 1.807) is 6.92 Å². The number of amides is 1. The monoisotopic (exact) mass is 252 g/mol. The number of nitrogens with one attached hydrogen (secondary N) is 1. The van der Waals surface area contributed by atoms with E-state index in [1.165, 1.54) is 0 Å². The predicted octanol–water partition coefficient (Wildman–Crippen LogP) is 1.61. The van der Waals surface area contributed by atoms with Crippen LogP contribution in [-0.4, -0.2) is 28.8 Å². The Morgan fingerprint density at radius 3 is 2.78 bits per heavy atom. The van der Waals surface area contributed by atoms with E-state index < -0.39 is 0 Å². The lowest BCUT2D eigenvalue weighted by molar-refractivity contribution is 0.0420. The topological polar surface area (TPSA) is 75.4 Å². The van der Waals surface area contributed by atoms with Gasteiger partial charge in [-0.3, -0.25) is 4.79 Å². The van der Waals surface area contributed by atoms with Gasteiger partial charge < -0.3 is 14.9 Å². The summed E-state index contributed by atoms with van der Waals surface area (Å²) in [5.74, 6) is 1.04. The number of aromatic nitrogens is 1. The van der Waals surface area contributed by atoms with Crippen molar-refractivity contribution in [1.29, 1.82) is 0 Å². The van der Waals surface area contributed by atoms with Gasteiger partial charge >= 0.3 is 0 Å². The second-order valence-electron chi connectivity index (χ2n) is 5.36. The fourth-order valence-electron chi connectivity index (χ4n) is 2.25. The molecule has 1 amide bonds. The smallest absolute Gasteiger partial charge is 0.256 e. The zero-order valence-electron chi connectivity index (χ0n) is 11.1. The summed E-state index contributed by atoms with van der Waals surface area (Å²) in [5.41, 5.74) is 1.19. The number of aryl methyl sites for hydroxylation is 1. The van der Waals surface area contributed by atoms with Gasteiger partial charge in [0.2, 0.25) is 0 Å². The molecule has 5 heteroatoms. The second kappa shape index (κ2) is 5.10. The van der Waals surface area contributed by atoms with Crippen molar-refractivity contribution in [2.45, 2.75) is 45.6 Å². The zero-order chi connectivity index (χ0) is 13.3. The average Bonchev–Trinajstić information content (AvgIpc) is 2.64. The fourth-order valence-corrected chi connectivity index (χ4v) is 2.25. The molecule has 0 atom stereocenters. The quantitative estimate of drug-likeness (QED) is 0.853.